The summed E-state index contributed by atoms with van der Waals surface area (Å²) in [5, 5.41) is 2.66. The summed E-state index contributed by atoms with van der Waals surface area (Å²) in [6, 6.07) is -0.530. The monoisotopic (exact) mass is 294 g/mol. The van der Waals surface area contributed by atoms with Crippen LogP contribution in [0.3, 0.4) is 0 Å². The van der Waals surface area contributed by atoms with E-state index in [1.54, 1.807) is 0 Å². The number of halogens is 3. The summed E-state index contributed by atoms with van der Waals surface area (Å²) in [5.41, 5.74) is 0. The van der Waals surface area contributed by atoms with Crippen LogP contribution in [-0.2, 0) is 9.59 Å². The number of hydrogen-bond acceptors (Lipinski definition) is 2. The van der Waals surface area contributed by atoms with Gasteiger partial charge < -0.3 is 10.2 Å². The molecule has 1 N–H and O–H groups in total. The van der Waals surface area contributed by atoms with Gasteiger partial charge in [-0.1, -0.05) is 13.3 Å². The van der Waals surface area contributed by atoms with Gasteiger partial charge in [0.2, 0.25) is 11.8 Å². The number of carbonyl (C=O) groups is 2. The van der Waals surface area contributed by atoms with E-state index >= 15 is 0 Å². The number of unbranched alkanes of at least 4 members (excludes halogenated alkanes) is 1. The molecule has 4 nitrogen and oxygen atoms in total. The van der Waals surface area contributed by atoms with Gasteiger partial charge in [-0.25, -0.2) is 0 Å². The molecule has 1 saturated heterocycles. The third kappa shape index (κ3) is 5.79. The van der Waals surface area contributed by atoms with Gasteiger partial charge in [-0.15, -0.1) is 0 Å². The van der Waals surface area contributed by atoms with Crippen LogP contribution in [0.2, 0.25) is 0 Å². The van der Waals surface area contributed by atoms with Crippen molar-refractivity contribution in [1.82, 2.24) is 10.2 Å². The minimum Gasteiger partial charge on any atom is -0.344 e. The molecule has 1 unspecified atom stereocenters. The van der Waals surface area contributed by atoms with E-state index in [4.69, 9.17) is 0 Å². The van der Waals surface area contributed by atoms with Crippen molar-refractivity contribution in [2.45, 2.75) is 57.7 Å². The van der Waals surface area contributed by atoms with Crippen molar-refractivity contribution in [1.29, 1.82) is 0 Å². The Hall–Kier alpha value is -1.27. The first kappa shape index (κ1) is 16.8. The zero-order valence-corrected chi connectivity index (χ0v) is 11.6. The van der Waals surface area contributed by atoms with E-state index in [0.29, 0.717) is 12.8 Å². The summed E-state index contributed by atoms with van der Waals surface area (Å²) in [6.07, 6.45) is -3.13. The predicted molar refractivity (Wildman–Crippen MR) is 67.9 cm³/mol. The molecule has 1 aliphatic heterocycles. The SMILES string of the molecule is CCCC1NC(=O)CCN(CCCCC(F)(F)F)C1=O. The van der Waals surface area contributed by atoms with Crippen LogP contribution in [-0.4, -0.2) is 42.0 Å². The molecule has 116 valence electrons. The maximum atomic E-state index is 12.2. The largest absolute Gasteiger partial charge is 0.389 e. The third-order valence-corrected chi connectivity index (χ3v) is 3.27. The van der Waals surface area contributed by atoms with Crippen molar-refractivity contribution in [3.05, 3.63) is 0 Å². The summed E-state index contributed by atoms with van der Waals surface area (Å²) in [6.45, 7) is 2.49. The molecule has 1 atom stereocenters. The highest BCUT2D eigenvalue weighted by atomic mass is 19.4. The lowest BCUT2D eigenvalue weighted by molar-refractivity contribution is -0.136. The molecular weight excluding hydrogens is 273 g/mol. The second-order valence-electron chi connectivity index (χ2n) is 5.06. The van der Waals surface area contributed by atoms with Crippen molar-refractivity contribution >= 4 is 11.8 Å². The zero-order valence-electron chi connectivity index (χ0n) is 11.6. The second-order valence-corrected chi connectivity index (χ2v) is 5.06. The van der Waals surface area contributed by atoms with Crippen LogP contribution in [0.15, 0.2) is 0 Å². The van der Waals surface area contributed by atoms with Gasteiger partial charge in [0.25, 0.3) is 0 Å². The lowest BCUT2D eigenvalue weighted by Crippen LogP contribution is -2.44. The highest BCUT2D eigenvalue weighted by Gasteiger charge is 2.29. The normalized spacial score (nSPS) is 20.8. The molecule has 0 saturated carbocycles. The van der Waals surface area contributed by atoms with E-state index in [-0.39, 0.29) is 37.7 Å². The Kier molecular flexibility index (Phi) is 6.29. The topological polar surface area (TPSA) is 49.4 Å². The fourth-order valence-electron chi connectivity index (χ4n) is 2.23. The molecule has 7 heteroatoms. The lowest BCUT2D eigenvalue weighted by Gasteiger charge is -2.23. The first-order valence-electron chi connectivity index (χ1n) is 6.98. The highest BCUT2D eigenvalue weighted by Crippen LogP contribution is 2.22. The van der Waals surface area contributed by atoms with E-state index in [1.807, 2.05) is 6.92 Å². The standard InChI is InChI=1S/C13H21F3N2O2/c1-2-5-10-12(20)18(9-6-11(19)17-10)8-4-3-7-13(14,15)16/h10H,2-9H2,1H3,(H,17,19). The quantitative estimate of drug-likeness (QED) is 0.764. The van der Waals surface area contributed by atoms with Crippen LogP contribution in [0, 0.1) is 0 Å². The molecule has 1 fully saturated rings. The summed E-state index contributed by atoms with van der Waals surface area (Å²) in [4.78, 5) is 25.2. The number of hydrogen-bond donors (Lipinski definition) is 1. The van der Waals surface area contributed by atoms with Crippen LogP contribution < -0.4 is 5.32 Å². The van der Waals surface area contributed by atoms with Crippen molar-refractivity contribution in [3.63, 3.8) is 0 Å². The highest BCUT2D eigenvalue weighted by molar-refractivity contribution is 5.89. The van der Waals surface area contributed by atoms with Gasteiger partial charge in [-0.2, -0.15) is 13.2 Å². The summed E-state index contributed by atoms with van der Waals surface area (Å²) < 4.78 is 36.1. The molecule has 20 heavy (non-hydrogen) atoms. The number of nitrogens with one attached hydrogen (secondary N) is 1. The average molecular weight is 294 g/mol. The molecule has 1 heterocycles. The Morgan fingerprint density at radius 3 is 2.60 bits per heavy atom. The van der Waals surface area contributed by atoms with E-state index in [0.717, 1.165) is 6.42 Å². The molecule has 0 aliphatic carbocycles. The first-order valence-corrected chi connectivity index (χ1v) is 6.98. The predicted octanol–water partition coefficient (Wildman–Crippen LogP) is 2.24. The first-order chi connectivity index (χ1) is 9.33. The molecule has 0 aromatic carbocycles. The van der Waals surface area contributed by atoms with Gasteiger partial charge >= 0.3 is 6.18 Å². The Balaban J connectivity index is 2.46. The van der Waals surface area contributed by atoms with Crippen molar-refractivity contribution in [2.75, 3.05) is 13.1 Å². The summed E-state index contributed by atoms with van der Waals surface area (Å²) in [5.74, 6) is -0.348. The van der Waals surface area contributed by atoms with E-state index in [1.165, 1.54) is 4.90 Å². The summed E-state index contributed by atoms with van der Waals surface area (Å²) in [7, 11) is 0. The van der Waals surface area contributed by atoms with Crippen molar-refractivity contribution in [3.8, 4) is 0 Å². The van der Waals surface area contributed by atoms with Gasteiger partial charge in [0, 0.05) is 25.9 Å². The van der Waals surface area contributed by atoms with Gasteiger partial charge in [-0.3, -0.25) is 9.59 Å². The molecule has 0 spiro atoms. The molecule has 1 aliphatic rings. The summed E-state index contributed by atoms with van der Waals surface area (Å²) >= 11 is 0. The Labute approximate surface area is 116 Å². The smallest absolute Gasteiger partial charge is 0.344 e. The van der Waals surface area contributed by atoms with Gasteiger partial charge in [0.15, 0.2) is 0 Å². The van der Waals surface area contributed by atoms with Gasteiger partial charge in [-0.05, 0) is 19.3 Å². The molecular formula is C13H21F3N2O2. The van der Waals surface area contributed by atoms with Crippen LogP contribution in [0.1, 0.15) is 45.4 Å². The molecule has 2 amide bonds. The molecule has 0 radical (unpaired) electrons. The number of carbonyl (C=O) groups excluding carboxylic acids is 2. The zero-order chi connectivity index (χ0) is 15.2. The van der Waals surface area contributed by atoms with E-state index < -0.39 is 18.6 Å². The fourth-order valence-corrected chi connectivity index (χ4v) is 2.23. The molecule has 1 rings (SSSR count). The molecule has 0 bridgehead atoms. The average Bonchev–Trinajstić information content (AvgIpc) is 2.47. The van der Waals surface area contributed by atoms with Gasteiger partial charge in [0.05, 0.1) is 0 Å². The van der Waals surface area contributed by atoms with Crippen LogP contribution in [0.5, 0.6) is 0 Å². The second kappa shape index (κ2) is 7.50. The Morgan fingerprint density at radius 2 is 2.00 bits per heavy atom. The molecule has 0 aromatic rings. The fraction of sp³-hybridized carbons (Fsp3) is 0.846. The number of rotatable bonds is 6. The maximum Gasteiger partial charge on any atom is 0.389 e. The number of nitrogens with zero attached hydrogens (tertiary/aromatic N) is 1. The van der Waals surface area contributed by atoms with E-state index in [2.05, 4.69) is 5.32 Å². The maximum absolute atomic E-state index is 12.2. The van der Waals surface area contributed by atoms with Crippen LogP contribution in [0.4, 0.5) is 13.2 Å². The number of amides is 2. The molecule has 0 aromatic heterocycles. The van der Waals surface area contributed by atoms with Crippen LogP contribution in [0.25, 0.3) is 0 Å². The van der Waals surface area contributed by atoms with Crippen LogP contribution >= 0.6 is 0 Å². The minimum atomic E-state index is -4.15. The Bertz CT molecular complexity index is 345. The minimum absolute atomic E-state index is 0.00704. The Morgan fingerprint density at radius 1 is 1.30 bits per heavy atom. The van der Waals surface area contributed by atoms with Gasteiger partial charge in [0.1, 0.15) is 6.04 Å². The number of alkyl halides is 3. The lowest BCUT2D eigenvalue weighted by atomic mass is 10.1. The van der Waals surface area contributed by atoms with E-state index in [9.17, 15) is 22.8 Å². The van der Waals surface area contributed by atoms with Crippen molar-refractivity contribution in [2.24, 2.45) is 0 Å². The van der Waals surface area contributed by atoms with Crippen molar-refractivity contribution < 1.29 is 22.8 Å². The third-order valence-electron chi connectivity index (χ3n) is 3.27.